The maximum absolute atomic E-state index is 11.1. The van der Waals surface area contributed by atoms with E-state index >= 15 is 0 Å². The molecule has 0 aromatic rings. The summed E-state index contributed by atoms with van der Waals surface area (Å²) in [6.07, 6.45) is 1.80. The predicted molar refractivity (Wildman–Crippen MR) is 55.5 cm³/mol. The fraction of sp³-hybridized carbons (Fsp3) is 0.400. The van der Waals surface area contributed by atoms with Gasteiger partial charge in [-0.15, -0.1) is 0 Å². The normalized spacial score (nSPS) is 24.2. The molecule has 1 aliphatic rings. The molecule has 1 aliphatic heterocycles. The van der Waals surface area contributed by atoms with E-state index in [0.717, 1.165) is 12.1 Å². The first-order chi connectivity index (χ1) is 5.24. The van der Waals surface area contributed by atoms with Gasteiger partial charge in [-0.2, -0.15) is 0 Å². The molecule has 0 bridgehead atoms. The van der Waals surface area contributed by atoms with Crippen LogP contribution < -0.4 is 5.09 Å². The molecule has 1 fully saturated rings. The van der Waals surface area contributed by atoms with Crippen LogP contribution >= 0.6 is 26.7 Å². The van der Waals surface area contributed by atoms with Crippen molar-refractivity contribution in [3.63, 3.8) is 0 Å². The first-order valence-corrected chi connectivity index (χ1v) is 6.49. The van der Waals surface area contributed by atoms with Crippen molar-refractivity contribution in [1.29, 1.82) is 0 Å². The Kier molecular flexibility index (Phi) is 3.89. The third kappa shape index (κ3) is 2.76. The zero-order valence-electron chi connectivity index (χ0n) is 6.00. The molecule has 6 heteroatoms. The lowest BCUT2D eigenvalue weighted by Crippen LogP contribution is -2.05. The standard InChI is InChI=1S/C5H11N2OP3/c8-5-3-7(9)2-4(5)1-6-11-10/h1,6,11H,2-3,9-10H2/b4-1-. The fourth-order valence-electron chi connectivity index (χ4n) is 0.904. The van der Waals surface area contributed by atoms with E-state index in [1.807, 2.05) is 4.67 Å². The lowest BCUT2D eigenvalue weighted by molar-refractivity contribution is -0.114. The van der Waals surface area contributed by atoms with Crippen LogP contribution in [0.4, 0.5) is 0 Å². The van der Waals surface area contributed by atoms with Crippen molar-refractivity contribution in [2.24, 2.45) is 0 Å². The van der Waals surface area contributed by atoms with Crippen LogP contribution in [0.3, 0.4) is 0 Å². The van der Waals surface area contributed by atoms with Gasteiger partial charge >= 0.3 is 0 Å². The molecule has 3 unspecified atom stereocenters. The molecule has 1 heterocycles. The highest BCUT2D eigenvalue weighted by Gasteiger charge is 2.21. The fourth-order valence-corrected chi connectivity index (χ4v) is 1.77. The van der Waals surface area contributed by atoms with E-state index in [9.17, 15) is 4.79 Å². The van der Waals surface area contributed by atoms with Gasteiger partial charge in [0.05, 0.1) is 6.54 Å². The van der Waals surface area contributed by atoms with Gasteiger partial charge in [0.15, 0.2) is 5.78 Å². The third-order valence-electron chi connectivity index (χ3n) is 1.41. The monoisotopic (exact) mass is 208 g/mol. The molecule has 0 aromatic heterocycles. The summed E-state index contributed by atoms with van der Waals surface area (Å²) in [5.41, 5.74) is 0.870. The van der Waals surface area contributed by atoms with Gasteiger partial charge in [0.2, 0.25) is 0 Å². The van der Waals surface area contributed by atoms with Crippen LogP contribution in [0.5, 0.6) is 0 Å². The van der Waals surface area contributed by atoms with Gasteiger partial charge in [-0.05, 0) is 8.42 Å². The van der Waals surface area contributed by atoms with Gasteiger partial charge in [-0.1, -0.05) is 18.3 Å². The highest BCUT2D eigenvalue weighted by atomic mass is 32.0. The van der Waals surface area contributed by atoms with Gasteiger partial charge < -0.3 is 5.09 Å². The number of hydrogen-bond acceptors (Lipinski definition) is 3. The Hall–Kier alpha value is 0.460. The van der Waals surface area contributed by atoms with Crippen molar-refractivity contribution < 1.29 is 4.79 Å². The van der Waals surface area contributed by atoms with Crippen molar-refractivity contribution in [3.8, 4) is 0 Å². The Bertz CT molecular complexity index is 194. The zero-order chi connectivity index (χ0) is 8.27. The van der Waals surface area contributed by atoms with Crippen molar-refractivity contribution in [2.75, 3.05) is 13.1 Å². The van der Waals surface area contributed by atoms with Gasteiger partial charge in [0, 0.05) is 18.3 Å². The number of nitrogens with zero attached hydrogens (tertiary/aromatic N) is 1. The van der Waals surface area contributed by atoms with E-state index in [0.29, 0.717) is 15.0 Å². The summed E-state index contributed by atoms with van der Waals surface area (Å²) < 4.78 is 1.92. The minimum absolute atomic E-state index is 0.218. The maximum atomic E-state index is 11.1. The molecular formula is C5H11N2OP3. The first kappa shape index (κ1) is 9.55. The second kappa shape index (κ2) is 4.48. The van der Waals surface area contributed by atoms with Gasteiger partial charge in [-0.25, -0.2) is 0 Å². The van der Waals surface area contributed by atoms with E-state index in [1.54, 1.807) is 6.20 Å². The third-order valence-corrected chi connectivity index (χ3v) is 2.58. The molecule has 1 rings (SSSR count). The minimum Gasteiger partial charge on any atom is -0.369 e. The highest BCUT2D eigenvalue weighted by molar-refractivity contribution is 8.01. The molecule has 0 amide bonds. The number of hydrogen-bond donors (Lipinski definition) is 1. The summed E-state index contributed by atoms with van der Waals surface area (Å²) in [6, 6.07) is 0. The van der Waals surface area contributed by atoms with Crippen molar-refractivity contribution in [1.82, 2.24) is 9.76 Å². The Morgan fingerprint density at radius 2 is 2.36 bits per heavy atom. The lowest BCUT2D eigenvalue weighted by atomic mass is 10.2. The van der Waals surface area contributed by atoms with Crippen molar-refractivity contribution in [2.45, 2.75) is 0 Å². The molecule has 0 spiro atoms. The molecule has 1 N–H and O–H groups in total. The Morgan fingerprint density at radius 3 is 2.82 bits per heavy atom. The quantitative estimate of drug-likeness (QED) is 0.530. The number of carbonyl (C=O) groups excluding carboxylic acids is 1. The van der Waals surface area contributed by atoms with Gasteiger partial charge in [0.1, 0.15) is 0 Å². The second-order valence-corrected chi connectivity index (χ2v) is 4.46. The molecular weight excluding hydrogens is 197 g/mol. The molecule has 1 saturated heterocycles. The molecule has 0 aliphatic carbocycles. The minimum atomic E-state index is 0.218. The van der Waals surface area contributed by atoms with E-state index in [1.165, 1.54) is 0 Å². The Labute approximate surface area is 72.6 Å². The molecule has 3 atom stereocenters. The molecule has 62 valence electrons. The number of rotatable bonds is 2. The molecule has 0 radical (unpaired) electrons. The summed E-state index contributed by atoms with van der Waals surface area (Å²) in [5, 5.41) is 3.01. The highest BCUT2D eigenvalue weighted by Crippen LogP contribution is 2.17. The summed E-state index contributed by atoms with van der Waals surface area (Å²) in [5.74, 6) is 0.218. The van der Waals surface area contributed by atoms with E-state index in [2.05, 4.69) is 23.4 Å². The average molecular weight is 208 g/mol. The van der Waals surface area contributed by atoms with Crippen LogP contribution in [0, 0.1) is 0 Å². The lowest BCUT2D eigenvalue weighted by Gasteiger charge is -2.00. The van der Waals surface area contributed by atoms with Gasteiger partial charge in [0.25, 0.3) is 0 Å². The molecule has 0 saturated carbocycles. The van der Waals surface area contributed by atoms with E-state index < -0.39 is 0 Å². The number of carbonyl (C=O) groups is 1. The van der Waals surface area contributed by atoms with Gasteiger partial charge in [-0.3, -0.25) is 9.46 Å². The number of Topliss-reactive ketones (excluding diaryl/α,β-unsaturated/α-hetero) is 1. The largest absolute Gasteiger partial charge is 0.369 e. The van der Waals surface area contributed by atoms with Crippen molar-refractivity contribution in [3.05, 3.63) is 11.8 Å². The summed E-state index contributed by atoms with van der Waals surface area (Å²) in [7, 11) is 5.67. The second-order valence-electron chi connectivity index (χ2n) is 2.29. The number of ketones is 1. The summed E-state index contributed by atoms with van der Waals surface area (Å²) in [6.45, 7) is 1.27. The van der Waals surface area contributed by atoms with Crippen molar-refractivity contribution >= 4 is 32.5 Å². The van der Waals surface area contributed by atoms with E-state index in [-0.39, 0.29) is 5.78 Å². The summed E-state index contributed by atoms with van der Waals surface area (Å²) in [4.78, 5) is 11.1. The van der Waals surface area contributed by atoms with Crippen LogP contribution in [-0.4, -0.2) is 23.5 Å². The Morgan fingerprint density at radius 1 is 1.64 bits per heavy atom. The van der Waals surface area contributed by atoms with Crippen LogP contribution in [0.25, 0.3) is 0 Å². The predicted octanol–water partition coefficient (Wildman–Crippen LogP) is 0.518. The molecule has 3 nitrogen and oxygen atoms in total. The smallest absolute Gasteiger partial charge is 0.175 e. The average Bonchev–Trinajstić information content (AvgIpc) is 2.26. The topological polar surface area (TPSA) is 32.3 Å². The number of nitrogens with one attached hydrogen (secondary N) is 1. The van der Waals surface area contributed by atoms with E-state index in [4.69, 9.17) is 0 Å². The van der Waals surface area contributed by atoms with Crippen LogP contribution in [-0.2, 0) is 4.79 Å². The molecule has 0 aromatic carbocycles. The van der Waals surface area contributed by atoms with Crippen LogP contribution in [0.1, 0.15) is 0 Å². The SMILES string of the molecule is O=C1CN(P)C/C1=C/NPP. The van der Waals surface area contributed by atoms with Crippen LogP contribution in [0.15, 0.2) is 11.8 Å². The maximum Gasteiger partial charge on any atom is 0.175 e. The van der Waals surface area contributed by atoms with Crippen LogP contribution in [0.2, 0.25) is 0 Å². The first-order valence-electron chi connectivity index (χ1n) is 3.17. The molecule has 11 heavy (non-hydrogen) atoms. The Balaban J connectivity index is 2.52. The summed E-state index contributed by atoms with van der Waals surface area (Å²) >= 11 is 0. The zero-order valence-corrected chi connectivity index (χ0v) is 9.31.